The van der Waals surface area contributed by atoms with E-state index in [1.165, 1.54) is 7.11 Å². The van der Waals surface area contributed by atoms with E-state index in [-0.39, 0.29) is 11.7 Å². The molecule has 162 valence electrons. The quantitative estimate of drug-likeness (QED) is 0.627. The van der Waals surface area contributed by atoms with Crippen LogP contribution in [0.1, 0.15) is 31.7 Å². The molecule has 6 nitrogen and oxygen atoms in total. The van der Waals surface area contributed by atoms with Gasteiger partial charge in [0.15, 0.2) is 11.5 Å². The fraction of sp³-hybridized carbons (Fsp3) is 0.458. The smallest absolute Gasteiger partial charge is 0.313 e. The molecule has 1 fully saturated rings. The largest absolute Gasteiger partial charge is 0.504 e. The molecular weight excluding hydrogens is 382 g/mol. The van der Waals surface area contributed by atoms with Crippen LogP contribution in [0.25, 0.3) is 0 Å². The number of likely N-dealkylation sites (tertiary alicyclic amines) is 1. The molecule has 0 radical (unpaired) electrons. The van der Waals surface area contributed by atoms with Gasteiger partial charge in [0.1, 0.15) is 5.75 Å². The summed E-state index contributed by atoms with van der Waals surface area (Å²) in [5.74, 6) is 1.23. The second-order valence-corrected chi connectivity index (χ2v) is 7.73. The highest BCUT2D eigenvalue weighted by atomic mass is 16.5. The van der Waals surface area contributed by atoms with Crippen molar-refractivity contribution in [2.45, 2.75) is 32.7 Å². The summed E-state index contributed by atoms with van der Waals surface area (Å²) in [5.41, 5.74) is 0.394. The standard InChI is InChI=1S/C24H31NO5/c1-3-29-23(27)24(13-15-30-20-8-5-4-6-9-20)12-7-14-25(18-24)17-19-10-11-22(28-2)21(26)16-19/h4-6,8-11,16,26H,3,7,12-15,17-18H2,1-2H3/t24-/m0/s1. The Kier molecular flexibility index (Phi) is 7.57. The molecular formula is C24H31NO5. The van der Waals surface area contributed by atoms with Crippen LogP contribution in [-0.2, 0) is 16.1 Å². The third-order valence-corrected chi connectivity index (χ3v) is 5.61. The first-order valence-corrected chi connectivity index (χ1v) is 10.5. The Labute approximate surface area is 178 Å². The summed E-state index contributed by atoms with van der Waals surface area (Å²) in [5, 5.41) is 10.1. The highest BCUT2D eigenvalue weighted by Gasteiger charge is 2.43. The van der Waals surface area contributed by atoms with Gasteiger partial charge in [0.05, 0.1) is 25.7 Å². The normalized spacial score (nSPS) is 19.3. The molecule has 1 saturated heterocycles. The van der Waals surface area contributed by atoms with E-state index in [2.05, 4.69) is 4.90 Å². The van der Waals surface area contributed by atoms with Crippen molar-refractivity contribution in [1.29, 1.82) is 0 Å². The molecule has 0 aliphatic carbocycles. The Morgan fingerprint density at radius 2 is 2.00 bits per heavy atom. The molecule has 6 heteroatoms. The van der Waals surface area contributed by atoms with Gasteiger partial charge in [-0.25, -0.2) is 0 Å². The number of methoxy groups -OCH3 is 1. The summed E-state index contributed by atoms with van der Waals surface area (Å²) < 4.78 is 16.5. The molecule has 2 aromatic rings. The Morgan fingerprint density at radius 3 is 2.70 bits per heavy atom. The lowest BCUT2D eigenvalue weighted by atomic mass is 9.77. The molecule has 1 N–H and O–H groups in total. The zero-order valence-corrected chi connectivity index (χ0v) is 17.8. The first-order valence-electron chi connectivity index (χ1n) is 10.5. The number of hydrogen-bond donors (Lipinski definition) is 1. The van der Waals surface area contributed by atoms with E-state index in [9.17, 15) is 9.90 Å². The minimum absolute atomic E-state index is 0.125. The second kappa shape index (κ2) is 10.3. The van der Waals surface area contributed by atoms with E-state index in [4.69, 9.17) is 14.2 Å². The van der Waals surface area contributed by atoms with Gasteiger partial charge < -0.3 is 19.3 Å². The number of phenolic OH excluding ortho intramolecular Hbond substituents is 1. The number of carbonyl (C=O) groups is 1. The molecule has 0 amide bonds. The van der Waals surface area contributed by atoms with Crippen LogP contribution in [-0.4, -0.2) is 49.4 Å². The summed E-state index contributed by atoms with van der Waals surface area (Å²) in [6.45, 7) is 4.82. The van der Waals surface area contributed by atoms with Crippen molar-refractivity contribution in [2.75, 3.05) is 33.4 Å². The zero-order chi connectivity index (χ0) is 21.4. The van der Waals surface area contributed by atoms with Gasteiger partial charge in [-0.15, -0.1) is 0 Å². The maximum Gasteiger partial charge on any atom is 0.313 e. The number of aromatic hydroxyl groups is 1. The van der Waals surface area contributed by atoms with Crippen LogP contribution in [0, 0.1) is 5.41 Å². The minimum atomic E-state index is -0.586. The van der Waals surface area contributed by atoms with E-state index in [0.717, 1.165) is 30.7 Å². The average Bonchev–Trinajstić information content (AvgIpc) is 2.75. The summed E-state index contributed by atoms with van der Waals surface area (Å²) in [6, 6.07) is 15.1. The molecule has 0 bridgehead atoms. The van der Waals surface area contributed by atoms with Crippen molar-refractivity contribution in [3.05, 3.63) is 54.1 Å². The Balaban J connectivity index is 1.68. The van der Waals surface area contributed by atoms with Crippen LogP contribution in [0.2, 0.25) is 0 Å². The van der Waals surface area contributed by atoms with Crippen molar-refractivity contribution in [2.24, 2.45) is 5.41 Å². The van der Waals surface area contributed by atoms with Gasteiger partial charge in [-0.3, -0.25) is 9.69 Å². The number of hydrogen-bond acceptors (Lipinski definition) is 6. The molecule has 0 spiro atoms. The number of benzene rings is 2. The van der Waals surface area contributed by atoms with Crippen LogP contribution >= 0.6 is 0 Å². The number of nitrogens with zero attached hydrogens (tertiary/aromatic N) is 1. The maximum absolute atomic E-state index is 12.9. The number of carbonyl (C=O) groups excluding carboxylic acids is 1. The topological polar surface area (TPSA) is 68.2 Å². The molecule has 0 unspecified atom stereocenters. The van der Waals surface area contributed by atoms with Crippen molar-refractivity contribution >= 4 is 5.97 Å². The fourth-order valence-corrected chi connectivity index (χ4v) is 4.09. The van der Waals surface area contributed by atoms with Crippen LogP contribution in [0.5, 0.6) is 17.2 Å². The van der Waals surface area contributed by atoms with E-state index in [1.54, 1.807) is 12.1 Å². The predicted molar refractivity (Wildman–Crippen MR) is 115 cm³/mol. The number of esters is 1. The Hall–Kier alpha value is -2.73. The van der Waals surface area contributed by atoms with Crippen LogP contribution in [0.3, 0.4) is 0 Å². The Bertz CT molecular complexity index is 826. The zero-order valence-electron chi connectivity index (χ0n) is 17.8. The highest BCUT2D eigenvalue weighted by Crippen LogP contribution is 2.36. The van der Waals surface area contributed by atoms with Gasteiger partial charge in [0.25, 0.3) is 0 Å². The minimum Gasteiger partial charge on any atom is -0.504 e. The van der Waals surface area contributed by atoms with Gasteiger partial charge in [0, 0.05) is 13.1 Å². The highest BCUT2D eigenvalue weighted by molar-refractivity contribution is 5.77. The third-order valence-electron chi connectivity index (χ3n) is 5.61. The number of piperidine rings is 1. The fourth-order valence-electron chi connectivity index (χ4n) is 4.09. The maximum atomic E-state index is 12.9. The first kappa shape index (κ1) is 22.0. The molecule has 3 rings (SSSR count). The van der Waals surface area contributed by atoms with Gasteiger partial charge in [0.2, 0.25) is 0 Å². The second-order valence-electron chi connectivity index (χ2n) is 7.73. The first-order chi connectivity index (χ1) is 14.6. The van der Waals surface area contributed by atoms with Crippen molar-refractivity contribution in [3.63, 3.8) is 0 Å². The molecule has 0 saturated carbocycles. The predicted octanol–water partition coefficient (Wildman–Crippen LogP) is 4.02. The van der Waals surface area contributed by atoms with E-state index >= 15 is 0 Å². The van der Waals surface area contributed by atoms with E-state index < -0.39 is 5.41 Å². The summed E-state index contributed by atoms with van der Waals surface area (Å²) >= 11 is 0. The third kappa shape index (κ3) is 5.45. The van der Waals surface area contributed by atoms with Gasteiger partial charge in [-0.2, -0.15) is 0 Å². The lowest BCUT2D eigenvalue weighted by Gasteiger charge is -2.41. The van der Waals surface area contributed by atoms with E-state index in [0.29, 0.717) is 38.5 Å². The monoisotopic (exact) mass is 413 g/mol. The van der Waals surface area contributed by atoms with E-state index in [1.807, 2.05) is 43.3 Å². The van der Waals surface area contributed by atoms with Crippen molar-refractivity contribution in [3.8, 4) is 17.2 Å². The molecule has 1 aliphatic heterocycles. The van der Waals surface area contributed by atoms with Crippen LogP contribution in [0.15, 0.2) is 48.5 Å². The van der Waals surface area contributed by atoms with Crippen LogP contribution in [0.4, 0.5) is 0 Å². The van der Waals surface area contributed by atoms with Gasteiger partial charge in [-0.1, -0.05) is 24.3 Å². The molecule has 2 aromatic carbocycles. The molecule has 0 aromatic heterocycles. The number of phenols is 1. The van der Waals surface area contributed by atoms with Gasteiger partial charge in [-0.05, 0) is 62.6 Å². The SMILES string of the molecule is CCOC(=O)[C@]1(CCOc2ccccc2)CCCN(Cc2ccc(OC)c(O)c2)C1. The number of ether oxygens (including phenoxy) is 3. The molecule has 1 atom stereocenters. The molecule has 1 aliphatic rings. The van der Waals surface area contributed by atoms with Crippen molar-refractivity contribution in [1.82, 2.24) is 4.90 Å². The summed E-state index contributed by atoms with van der Waals surface area (Å²) in [4.78, 5) is 15.2. The lowest BCUT2D eigenvalue weighted by molar-refractivity contribution is -0.160. The van der Waals surface area contributed by atoms with Gasteiger partial charge >= 0.3 is 5.97 Å². The number of rotatable bonds is 9. The summed E-state index contributed by atoms with van der Waals surface area (Å²) in [6.07, 6.45) is 2.30. The van der Waals surface area contributed by atoms with Crippen LogP contribution < -0.4 is 9.47 Å². The van der Waals surface area contributed by atoms with Crippen molar-refractivity contribution < 1.29 is 24.1 Å². The summed E-state index contributed by atoms with van der Waals surface area (Å²) in [7, 11) is 1.53. The Morgan fingerprint density at radius 1 is 1.20 bits per heavy atom. The molecule has 30 heavy (non-hydrogen) atoms. The molecule has 1 heterocycles. The lowest BCUT2D eigenvalue weighted by Crippen LogP contribution is -2.49. The number of para-hydroxylation sites is 1. The average molecular weight is 414 g/mol.